The quantitative estimate of drug-likeness (QED) is 0.684. The second kappa shape index (κ2) is 4.38. The maximum atomic E-state index is 11.4. The van der Waals surface area contributed by atoms with Gasteiger partial charge in [-0.3, -0.25) is 0 Å². The first kappa shape index (κ1) is 10.2. The van der Waals surface area contributed by atoms with Crippen molar-refractivity contribution in [2.45, 2.75) is 24.9 Å². The van der Waals surface area contributed by atoms with Crippen LogP contribution in [0, 0.1) is 0 Å². The molecule has 13 heavy (non-hydrogen) atoms. The third-order valence-corrected chi connectivity index (χ3v) is 2.87. The van der Waals surface area contributed by atoms with Crippen molar-refractivity contribution < 1.29 is 8.42 Å². The minimum absolute atomic E-state index is 0.0244. The van der Waals surface area contributed by atoms with E-state index in [1.807, 2.05) is 6.92 Å². The van der Waals surface area contributed by atoms with Crippen molar-refractivity contribution in [3.8, 4) is 0 Å². The monoisotopic (exact) mass is 203 g/mol. The Kier molecular flexibility index (Phi) is 3.44. The molecule has 0 atom stereocenters. The van der Waals surface area contributed by atoms with Gasteiger partial charge in [-0.2, -0.15) is 0 Å². The van der Waals surface area contributed by atoms with Gasteiger partial charge in [-0.25, -0.2) is 18.1 Å². The van der Waals surface area contributed by atoms with E-state index in [1.54, 1.807) is 0 Å². The number of H-pyrrole nitrogens is 1. The first-order chi connectivity index (χ1) is 6.17. The number of imidazole rings is 1. The lowest BCUT2D eigenvalue weighted by atomic mass is 10.3. The van der Waals surface area contributed by atoms with E-state index in [4.69, 9.17) is 0 Å². The van der Waals surface area contributed by atoms with Crippen molar-refractivity contribution in [3.63, 3.8) is 0 Å². The van der Waals surface area contributed by atoms with Crippen molar-refractivity contribution in [1.29, 1.82) is 0 Å². The highest BCUT2D eigenvalue weighted by Gasteiger charge is 2.14. The summed E-state index contributed by atoms with van der Waals surface area (Å²) in [5.41, 5.74) is 0. The summed E-state index contributed by atoms with van der Waals surface area (Å²) in [7, 11) is -3.41. The number of hydrogen-bond donors (Lipinski definition) is 2. The van der Waals surface area contributed by atoms with Crippen LogP contribution < -0.4 is 4.72 Å². The lowest BCUT2D eigenvalue weighted by Crippen LogP contribution is -2.25. The summed E-state index contributed by atoms with van der Waals surface area (Å²) in [4.78, 5) is 6.20. The fourth-order valence-corrected chi connectivity index (χ4v) is 1.82. The summed E-state index contributed by atoms with van der Waals surface area (Å²) in [5, 5.41) is -0.0244. The number of sulfonamides is 1. The van der Waals surface area contributed by atoms with Gasteiger partial charge in [-0.1, -0.05) is 13.3 Å². The Bertz CT molecular complexity index is 331. The van der Waals surface area contributed by atoms with Crippen LogP contribution in [0.3, 0.4) is 0 Å². The molecule has 1 aromatic heterocycles. The lowest BCUT2D eigenvalue weighted by Gasteiger charge is -2.01. The standard InChI is InChI=1S/C7H13N3O2S/c1-2-3-4-10-13(11,12)7-8-5-6-9-7/h5-6,10H,2-4H2,1H3,(H,8,9). The molecule has 0 radical (unpaired) electrons. The van der Waals surface area contributed by atoms with E-state index >= 15 is 0 Å². The molecule has 0 aliphatic carbocycles. The smallest absolute Gasteiger partial charge is 0.274 e. The molecule has 74 valence electrons. The molecule has 2 N–H and O–H groups in total. The molecule has 6 heteroatoms. The second-order valence-corrected chi connectivity index (χ2v) is 4.33. The molecule has 0 bridgehead atoms. The van der Waals surface area contributed by atoms with Crippen LogP contribution in [0.25, 0.3) is 0 Å². The van der Waals surface area contributed by atoms with Gasteiger partial charge in [0.2, 0.25) is 5.16 Å². The topological polar surface area (TPSA) is 74.8 Å². The Morgan fingerprint density at radius 3 is 2.92 bits per heavy atom. The van der Waals surface area contributed by atoms with Crippen LogP contribution in [0.2, 0.25) is 0 Å². The second-order valence-electron chi connectivity index (χ2n) is 2.65. The van der Waals surface area contributed by atoms with Crippen LogP contribution in [-0.2, 0) is 10.0 Å². The van der Waals surface area contributed by atoms with E-state index in [1.165, 1.54) is 12.4 Å². The third-order valence-electron chi connectivity index (χ3n) is 1.55. The largest absolute Gasteiger partial charge is 0.334 e. The van der Waals surface area contributed by atoms with E-state index in [2.05, 4.69) is 14.7 Å². The summed E-state index contributed by atoms with van der Waals surface area (Å²) < 4.78 is 25.2. The van der Waals surface area contributed by atoms with Crippen molar-refractivity contribution >= 4 is 10.0 Å². The maximum Gasteiger partial charge on any atom is 0.274 e. The van der Waals surface area contributed by atoms with Gasteiger partial charge in [0.15, 0.2) is 0 Å². The Morgan fingerprint density at radius 2 is 2.38 bits per heavy atom. The number of unbranched alkanes of at least 4 members (excludes halogenated alkanes) is 1. The van der Waals surface area contributed by atoms with Crippen molar-refractivity contribution in [1.82, 2.24) is 14.7 Å². The highest BCUT2D eigenvalue weighted by Crippen LogP contribution is 1.99. The van der Waals surface area contributed by atoms with Gasteiger partial charge in [0.1, 0.15) is 0 Å². The first-order valence-electron chi connectivity index (χ1n) is 4.16. The van der Waals surface area contributed by atoms with Gasteiger partial charge in [-0.05, 0) is 6.42 Å². The zero-order valence-corrected chi connectivity index (χ0v) is 8.26. The molecule has 0 saturated heterocycles. The van der Waals surface area contributed by atoms with Gasteiger partial charge in [0, 0.05) is 18.9 Å². The van der Waals surface area contributed by atoms with Crippen LogP contribution in [0.5, 0.6) is 0 Å². The molecule has 0 spiro atoms. The predicted molar refractivity (Wildman–Crippen MR) is 48.7 cm³/mol. The molecule has 0 aromatic carbocycles. The van der Waals surface area contributed by atoms with Crippen molar-refractivity contribution in [2.75, 3.05) is 6.54 Å². The number of aromatic amines is 1. The Labute approximate surface area is 77.6 Å². The summed E-state index contributed by atoms with van der Waals surface area (Å²) in [6.07, 6.45) is 4.68. The molecule has 1 rings (SSSR count). The number of hydrogen-bond acceptors (Lipinski definition) is 3. The maximum absolute atomic E-state index is 11.4. The average molecular weight is 203 g/mol. The summed E-state index contributed by atoms with van der Waals surface area (Å²) in [6, 6.07) is 0. The van der Waals surface area contributed by atoms with Crippen LogP contribution in [0.1, 0.15) is 19.8 Å². The molecule has 0 saturated carbocycles. The molecule has 1 aromatic rings. The van der Waals surface area contributed by atoms with E-state index in [0.717, 1.165) is 12.8 Å². The highest BCUT2D eigenvalue weighted by molar-refractivity contribution is 7.89. The van der Waals surface area contributed by atoms with Crippen LogP contribution >= 0.6 is 0 Å². The lowest BCUT2D eigenvalue weighted by molar-refractivity contribution is 0.571. The fourth-order valence-electron chi connectivity index (χ4n) is 0.849. The van der Waals surface area contributed by atoms with Gasteiger partial charge >= 0.3 is 0 Å². The molecule has 0 fully saturated rings. The average Bonchev–Trinajstić information content (AvgIpc) is 2.56. The van der Waals surface area contributed by atoms with Crippen LogP contribution in [0.4, 0.5) is 0 Å². The molecular weight excluding hydrogens is 190 g/mol. The Morgan fingerprint density at radius 1 is 1.62 bits per heavy atom. The van der Waals surface area contributed by atoms with E-state index in [9.17, 15) is 8.42 Å². The van der Waals surface area contributed by atoms with Crippen LogP contribution in [0.15, 0.2) is 17.6 Å². The SMILES string of the molecule is CCCCNS(=O)(=O)c1ncc[nH]1. The third kappa shape index (κ3) is 2.82. The van der Waals surface area contributed by atoms with E-state index in [-0.39, 0.29) is 5.16 Å². The molecule has 1 heterocycles. The molecule has 0 unspecified atom stereocenters. The molecular formula is C7H13N3O2S. The zero-order chi connectivity index (χ0) is 9.73. The van der Waals surface area contributed by atoms with E-state index in [0.29, 0.717) is 6.54 Å². The van der Waals surface area contributed by atoms with Crippen molar-refractivity contribution in [2.24, 2.45) is 0 Å². The van der Waals surface area contributed by atoms with Crippen molar-refractivity contribution in [3.05, 3.63) is 12.4 Å². The summed E-state index contributed by atoms with van der Waals surface area (Å²) in [5.74, 6) is 0. The minimum Gasteiger partial charge on any atom is -0.334 e. The highest BCUT2D eigenvalue weighted by atomic mass is 32.2. The fraction of sp³-hybridized carbons (Fsp3) is 0.571. The van der Waals surface area contributed by atoms with E-state index < -0.39 is 10.0 Å². The first-order valence-corrected chi connectivity index (χ1v) is 5.64. The number of aromatic nitrogens is 2. The normalized spacial score (nSPS) is 11.8. The van der Waals surface area contributed by atoms with Crippen LogP contribution in [-0.4, -0.2) is 24.9 Å². The Balaban J connectivity index is 2.58. The zero-order valence-electron chi connectivity index (χ0n) is 7.45. The molecule has 0 amide bonds. The predicted octanol–water partition coefficient (Wildman–Crippen LogP) is 0.488. The Hall–Kier alpha value is -0.880. The molecule has 5 nitrogen and oxygen atoms in total. The van der Waals surface area contributed by atoms with Gasteiger partial charge < -0.3 is 4.98 Å². The number of rotatable bonds is 5. The van der Waals surface area contributed by atoms with Gasteiger partial charge in [-0.15, -0.1) is 0 Å². The number of nitrogens with zero attached hydrogens (tertiary/aromatic N) is 1. The summed E-state index contributed by atoms with van der Waals surface area (Å²) in [6.45, 7) is 2.46. The number of nitrogens with one attached hydrogen (secondary N) is 2. The minimum atomic E-state index is -3.41. The summed E-state index contributed by atoms with van der Waals surface area (Å²) >= 11 is 0. The molecule has 0 aliphatic heterocycles. The molecule has 0 aliphatic rings. The van der Waals surface area contributed by atoms with Gasteiger partial charge in [0.05, 0.1) is 0 Å². The van der Waals surface area contributed by atoms with Gasteiger partial charge in [0.25, 0.3) is 10.0 Å².